The van der Waals surface area contributed by atoms with Crippen molar-refractivity contribution in [2.24, 2.45) is 0 Å². The van der Waals surface area contributed by atoms with Crippen LogP contribution in [-0.2, 0) is 0 Å². The van der Waals surface area contributed by atoms with E-state index in [9.17, 15) is 17.6 Å². The molecule has 0 saturated carbocycles. The van der Waals surface area contributed by atoms with Gasteiger partial charge in [0.2, 0.25) is 0 Å². The van der Waals surface area contributed by atoms with Crippen molar-refractivity contribution in [3.63, 3.8) is 0 Å². The number of rotatable bonds is 3. The van der Waals surface area contributed by atoms with E-state index in [4.69, 9.17) is 9.47 Å². The summed E-state index contributed by atoms with van der Waals surface area (Å²) in [6.07, 6.45) is 0. The van der Waals surface area contributed by atoms with Crippen LogP contribution in [0.4, 0.5) is 17.6 Å². The minimum Gasteiger partial charge on any atom is -0.496 e. The van der Waals surface area contributed by atoms with Crippen LogP contribution in [0, 0.1) is 23.3 Å². The van der Waals surface area contributed by atoms with Crippen LogP contribution in [0.15, 0.2) is 24.3 Å². The molecule has 106 valence electrons. The summed E-state index contributed by atoms with van der Waals surface area (Å²) in [5.74, 6) is -4.87. The Kier molecular flexibility index (Phi) is 3.83. The van der Waals surface area contributed by atoms with Gasteiger partial charge in [0, 0.05) is 11.6 Å². The number of halogens is 4. The van der Waals surface area contributed by atoms with Crippen LogP contribution in [-0.4, -0.2) is 14.2 Å². The Morgan fingerprint density at radius 1 is 0.750 bits per heavy atom. The second-order valence-electron chi connectivity index (χ2n) is 3.91. The fraction of sp³-hybridized carbons (Fsp3) is 0.143. The summed E-state index contributed by atoms with van der Waals surface area (Å²) in [5.41, 5.74) is -0.469. The van der Waals surface area contributed by atoms with Gasteiger partial charge in [-0.15, -0.1) is 0 Å². The molecule has 0 aliphatic carbocycles. The second-order valence-corrected chi connectivity index (χ2v) is 3.91. The third-order valence-corrected chi connectivity index (χ3v) is 2.79. The van der Waals surface area contributed by atoms with Gasteiger partial charge < -0.3 is 9.47 Å². The molecule has 0 saturated heterocycles. The summed E-state index contributed by atoms with van der Waals surface area (Å²) in [6.45, 7) is 0. The number of ether oxygens (including phenoxy) is 2. The monoisotopic (exact) mass is 286 g/mol. The zero-order valence-corrected chi connectivity index (χ0v) is 10.6. The Balaban J connectivity index is 2.80. The maximum atomic E-state index is 14.0. The van der Waals surface area contributed by atoms with Gasteiger partial charge in [-0.05, 0) is 18.2 Å². The molecule has 0 amide bonds. The molecule has 2 aromatic rings. The van der Waals surface area contributed by atoms with Crippen LogP contribution in [0.5, 0.6) is 11.5 Å². The number of hydrogen-bond acceptors (Lipinski definition) is 2. The number of hydrogen-bond donors (Lipinski definition) is 0. The molecule has 0 N–H and O–H groups in total. The van der Waals surface area contributed by atoms with Crippen molar-refractivity contribution in [3.05, 3.63) is 47.5 Å². The molecule has 2 nitrogen and oxygen atoms in total. The van der Waals surface area contributed by atoms with Gasteiger partial charge in [0.25, 0.3) is 0 Å². The Bertz CT molecular complexity index is 656. The highest BCUT2D eigenvalue weighted by molar-refractivity contribution is 5.76. The van der Waals surface area contributed by atoms with Crippen LogP contribution < -0.4 is 9.47 Å². The lowest BCUT2D eigenvalue weighted by atomic mass is 10.0. The highest BCUT2D eigenvalue weighted by atomic mass is 19.2. The van der Waals surface area contributed by atoms with E-state index in [-0.39, 0.29) is 22.6 Å². The van der Waals surface area contributed by atoms with Gasteiger partial charge in [-0.2, -0.15) is 0 Å². The third-order valence-electron chi connectivity index (χ3n) is 2.79. The smallest absolute Gasteiger partial charge is 0.170 e. The van der Waals surface area contributed by atoms with Crippen molar-refractivity contribution < 1.29 is 27.0 Å². The molecule has 0 aliphatic heterocycles. The largest absolute Gasteiger partial charge is 0.496 e. The molecule has 0 aromatic heterocycles. The standard InChI is InChI=1S/C14H10F4O2/c1-19-11-4-3-8(15)14(18)13(11)7-5-9(16)10(17)6-12(7)20-2/h3-6H,1-2H3. The van der Waals surface area contributed by atoms with E-state index in [1.165, 1.54) is 20.3 Å². The van der Waals surface area contributed by atoms with E-state index < -0.39 is 23.3 Å². The highest BCUT2D eigenvalue weighted by Crippen LogP contribution is 2.40. The molecule has 20 heavy (non-hydrogen) atoms. The van der Waals surface area contributed by atoms with Crippen molar-refractivity contribution in [3.8, 4) is 22.6 Å². The maximum absolute atomic E-state index is 14.0. The summed E-state index contributed by atoms with van der Waals surface area (Å²) in [6, 6.07) is 3.56. The third kappa shape index (κ3) is 2.29. The zero-order chi connectivity index (χ0) is 14.9. The summed E-state index contributed by atoms with van der Waals surface area (Å²) in [7, 11) is 2.46. The van der Waals surface area contributed by atoms with E-state index in [0.717, 1.165) is 18.2 Å². The van der Waals surface area contributed by atoms with Crippen molar-refractivity contribution in [2.75, 3.05) is 14.2 Å². The lowest BCUT2D eigenvalue weighted by molar-refractivity contribution is 0.400. The van der Waals surface area contributed by atoms with Gasteiger partial charge in [-0.1, -0.05) is 0 Å². The topological polar surface area (TPSA) is 18.5 Å². The molecule has 0 bridgehead atoms. The van der Waals surface area contributed by atoms with Crippen LogP contribution in [0.2, 0.25) is 0 Å². The summed E-state index contributed by atoms with van der Waals surface area (Å²) >= 11 is 0. The maximum Gasteiger partial charge on any atom is 0.170 e. The Morgan fingerprint density at radius 3 is 1.95 bits per heavy atom. The SMILES string of the molecule is COc1cc(F)c(F)cc1-c1c(OC)ccc(F)c1F. The molecule has 2 rings (SSSR count). The fourth-order valence-corrected chi connectivity index (χ4v) is 1.85. The van der Waals surface area contributed by atoms with E-state index in [2.05, 4.69) is 0 Å². The predicted octanol–water partition coefficient (Wildman–Crippen LogP) is 3.93. The molecule has 0 fully saturated rings. The first-order valence-corrected chi connectivity index (χ1v) is 5.55. The minimum absolute atomic E-state index is 0.0202. The van der Waals surface area contributed by atoms with E-state index in [1.54, 1.807) is 0 Å². The normalized spacial score (nSPS) is 10.5. The minimum atomic E-state index is -1.23. The summed E-state index contributed by atoms with van der Waals surface area (Å²) in [4.78, 5) is 0. The molecule has 2 aromatic carbocycles. The fourth-order valence-electron chi connectivity index (χ4n) is 1.85. The Labute approximate surface area is 112 Å². The van der Waals surface area contributed by atoms with Gasteiger partial charge in [0.1, 0.15) is 11.5 Å². The molecule has 0 unspecified atom stereocenters. The summed E-state index contributed by atoms with van der Waals surface area (Å²) < 4.78 is 63.7. The molecule has 0 atom stereocenters. The van der Waals surface area contributed by atoms with Crippen molar-refractivity contribution in [1.82, 2.24) is 0 Å². The van der Waals surface area contributed by atoms with Crippen LogP contribution in [0.1, 0.15) is 0 Å². The van der Waals surface area contributed by atoms with Gasteiger partial charge in [0.05, 0.1) is 19.8 Å². The van der Waals surface area contributed by atoms with E-state index in [1.807, 2.05) is 0 Å². The van der Waals surface area contributed by atoms with Gasteiger partial charge in [0.15, 0.2) is 23.3 Å². The first-order chi connectivity index (χ1) is 9.49. The van der Waals surface area contributed by atoms with Crippen LogP contribution >= 0.6 is 0 Å². The van der Waals surface area contributed by atoms with E-state index >= 15 is 0 Å². The quantitative estimate of drug-likeness (QED) is 0.796. The Hall–Kier alpha value is -2.24. The summed E-state index contributed by atoms with van der Waals surface area (Å²) in [5, 5.41) is 0. The molecule has 0 aliphatic rings. The van der Waals surface area contributed by atoms with E-state index in [0.29, 0.717) is 0 Å². The first-order valence-electron chi connectivity index (χ1n) is 5.55. The lowest BCUT2D eigenvalue weighted by Crippen LogP contribution is -1.99. The number of methoxy groups -OCH3 is 2. The lowest BCUT2D eigenvalue weighted by Gasteiger charge is -2.14. The molecular formula is C14H10F4O2. The molecule has 0 heterocycles. The molecular weight excluding hydrogens is 276 g/mol. The van der Waals surface area contributed by atoms with Crippen molar-refractivity contribution in [1.29, 1.82) is 0 Å². The Morgan fingerprint density at radius 2 is 1.35 bits per heavy atom. The average Bonchev–Trinajstić information content (AvgIpc) is 2.44. The number of benzene rings is 2. The van der Waals surface area contributed by atoms with Gasteiger partial charge >= 0.3 is 0 Å². The van der Waals surface area contributed by atoms with Crippen LogP contribution in [0.25, 0.3) is 11.1 Å². The van der Waals surface area contributed by atoms with Gasteiger partial charge in [-0.3, -0.25) is 0 Å². The predicted molar refractivity (Wildman–Crippen MR) is 64.8 cm³/mol. The first kappa shape index (κ1) is 14.2. The highest BCUT2D eigenvalue weighted by Gasteiger charge is 2.21. The van der Waals surface area contributed by atoms with Crippen molar-refractivity contribution >= 4 is 0 Å². The molecule has 0 radical (unpaired) electrons. The van der Waals surface area contributed by atoms with Crippen molar-refractivity contribution in [2.45, 2.75) is 0 Å². The molecule has 0 spiro atoms. The van der Waals surface area contributed by atoms with Gasteiger partial charge in [-0.25, -0.2) is 17.6 Å². The average molecular weight is 286 g/mol. The molecule has 6 heteroatoms. The zero-order valence-electron chi connectivity index (χ0n) is 10.6. The second kappa shape index (κ2) is 5.40. The van der Waals surface area contributed by atoms with Crippen LogP contribution in [0.3, 0.4) is 0 Å².